The first kappa shape index (κ1) is 49.2. The molecule has 4 aliphatic heterocycles. The van der Waals surface area contributed by atoms with Gasteiger partial charge >= 0.3 is 0 Å². The Morgan fingerprint density at radius 3 is 1.87 bits per heavy atom. The molecular formula is C50H60N12O8. The van der Waals surface area contributed by atoms with Crippen molar-refractivity contribution in [1.82, 2.24) is 29.5 Å². The molecule has 0 amide bonds. The number of imidazole rings is 2. The average Bonchev–Trinajstić information content (AvgIpc) is 4.26. The molecule has 8 aromatic rings. The van der Waals surface area contributed by atoms with Crippen LogP contribution in [0.15, 0.2) is 91.8 Å². The third-order valence-electron chi connectivity index (χ3n) is 11.3. The Balaban J connectivity index is 0.000000124. The number of anilines is 6. The van der Waals surface area contributed by atoms with Gasteiger partial charge in [0.1, 0.15) is 5.52 Å². The smallest absolute Gasteiger partial charge is 0.259 e. The van der Waals surface area contributed by atoms with E-state index in [-0.39, 0.29) is 0 Å². The van der Waals surface area contributed by atoms with Gasteiger partial charge in [-0.05, 0) is 79.9 Å². The van der Waals surface area contributed by atoms with Crippen LogP contribution in [0.3, 0.4) is 0 Å². The second-order valence-corrected chi connectivity index (χ2v) is 16.0. The van der Waals surface area contributed by atoms with E-state index in [1.807, 2.05) is 123 Å². The molecule has 70 heavy (non-hydrogen) atoms. The number of H-pyrrole nitrogens is 1. The summed E-state index contributed by atoms with van der Waals surface area (Å²) < 4.78 is 43.8. The molecule has 4 aromatic carbocycles. The first-order valence-corrected chi connectivity index (χ1v) is 22.0. The maximum absolute atomic E-state index is 5.70. The molecule has 0 saturated heterocycles. The summed E-state index contributed by atoms with van der Waals surface area (Å²) >= 11 is 0. The predicted molar refractivity (Wildman–Crippen MR) is 273 cm³/mol. The van der Waals surface area contributed by atoms with Crippen LogP contribution < -0.4 is 69.8 Å². The number of nitrogens with zero attached hydrogens (tertiary/aromatic N) is 7. The van der Waals surface area contributed by atoms with Crippen LogP contribution in [0.4, 0.5) is 34.1 Å². The third kappa shape index (κ3) is 10.7. The van der Waals surface area contributed by atoms with E-state index in [0.717, 1.165) is 102 Å². The lowest BCUT2D eigenvalue weighted by atomic mass is 10.2. The van der Waals surface area contributed by atoms with Crippen LogP contribution in [0, 0.1) is 20.8 Å². The number of ether oxygens (including phenoxy) is 8. The molecule has 0 unspecified atom stereocenters. The number of hydrogen-bond acceptors (Lipinski definition) is 18. The standard InChI is InChI=1S/2C9H11NO2.2C8H9N3.2C8H10N2O2/c1-6-3-4-7(11-2)9-8(6)10-5-12-9;1-10-6-12-9-7(10)4-3-5-8(9)11-2;1-5-2-3-6(9)8-7(5)10-4-11-8;1-11-5-10-8-6(9)3-2-4-7(8)11;1-5-3-9-8(11-2)7-6(5)10-4-12-7;1-10-5-12-7-6(10)3-4-9-8(7)11-2/h3-4,10H,5H2,1-2H3;3-5H,6H2,1-2H3;2-4H,9H2,1H3,(H,10,11);2-5H,9H2,1H3;3,10H,4H2,1-2H3;3-4H,5H2,1-2H3. The summed E-state index contributed by atoms with van der Waals surface area (Å²) in [6, 6.07) is 21.4. The normalized spacial score (nSPS) is 12.7. The number of para-hydroxylation sites is 2. The predicted octanol–water partition coefficient (Wildman–Crippen LogP) is 7.89. The molecule has 0 fully saturated rings. The van der Waals surface area contributed by atoms with Gasteiger partial charge in [0.05, 0.1) is 91.8 Å². The highest BCUT2D eigenvalue weighted by molar-refractivity contribution is 5.89. The Labute approximate surface area is 406 Å². The monoisotopic (exact) mass is 956 g/mol. The first-order chi connectivity index (χ1) is 33.9. The van der Waals surface area contributed by atoms with Crippen LogP contribution in [0.2, 0.25) is 0 Å². The lowest BCUT2D eigenvalue weighted by molar-refractivity contribution is 0.317. The van der Waals surface area contributed by atoms with Gasteiger partial charge in [-0.2, -0.15) is 0 Å². The van der Waals surface area contributed by atoms with Crippen molar-refractivity contribution in [1.29, 1.82) is 0 Å². The number of benzene rings is 4. The van der Waals surface area contributed by atoms with Gasteiger partial charge in [-0.25, -0.2) is 19.9 Å². The van der Waals surface area contributed by atoms with Crippen molar-refractivity contribution >= 4 is 56.2 Å². The Hall–Kier alpha value is -8.68. The maximum Gasteiger partial charge on any atom is 0.259 e. The molecular weight excluding hydrogens is 897 g/mol. The molecule has 7 N–H and O–H groups in total. The number of methoxy groups -OCH3 is 4. The minimum atomic E-state index is 0.498. The molecule has 4 aliphatic rings. The lowest BCUT2D eigenvalue weighted by Gasteiger charge is -2.07. The summed E-state index contributed by atoms with van der Waals surface area (Å²) in [7, 11) is 12.4. The van der Waals surface area contributed by atoms with Gasteiger partial charge in [0.25, 0.3) is 11.8 Å². The zero-order valence-electron chi connectivity index (χ0n) is 41.0. The molecule has 368 valence electrons. The van der Waals surface area contributed by atoms with Crippen molar-refractivity contribution in [2.24, 2.45) is 7.05 Å². The van der Waals surface area contributed by atoms with Crippen LogP contribution in [0.5, 0.6) is 46.3 Å². The van der Waals surface area contributed by atoms with Crippen LogP contribution in [0.25, 0.3) is 22.1 Å². The van der Waals surface area contributed by atoms with Crippen LogP contribution in [-0.4, -0.2) is 98.9 Å². The second-order valence-electron chi connectivity index (χ2n) is 16.0. The number of fused-ring (bicyclic) bond motifs is 6. The average molecular weight is 957 g/mol. The minimum absolute atomic E-state index is 0.498. The van der Waals surface area contributed by atoms with Crippen molar-refractivity contribution in [3.8, 4) is 46.3 Å². The number of nitrogen functional groups attached to an aromatic ring is 2. The number of rotatable bonds is 4. The number of hydrogen-bond donors (Lipinski definition) is 5. The van der Waals surface area contributed by atoms with Crippen molar-refractivity contribution in [3.05, 3.63) is 108 Å². The van der Waals surface area contributed by atoms with Crippen molar-refractivity contribution in [2.45, 2.75) is 20.8 Å². The second kappa shape index (κ2) is 22.4. The fourth-order valence-corrected chi connectivity index (χ4v) is 7.55. The molecule has 0 aliphatic carbocycles. The summed E-state index contributed by atoms with van der Waals surface area (Å²) in [5.74, 6) is 5.83. The van der Waals surface area contributed by atoms with Crippen LogP contribution in [0.1, 0.15) is 16.7 Å². The highest BCUT2D eigenvalue weighted by Crippen LogP contribution is 2.42. The molecule has 0 saturated carbocycles. The van der Waals surface area contributed by atoms with E-state index in [0.29, 0.717) is 38.7 Å². The van der Waals surface area contributed by atoms with Gasteiger partial charge in [0, 0.05) is 33.5 Å². The van der Waals surface area contributed by atoms with Gasteiger partial charge in [-0.3, -0.25) is 0 Å². The fraction of sp³-hybridized carbons (Fsp3) is 0.280. The Bertz CT molecular complexity index is 2880. The molecule has 4 aromatic heterocycles. The number of pyridine rings is 2. The van der Waals surface area contributed by atoms with E-state index in [9.17, 15) is 0 Å². The number of nitrogens with two attached hydrogens (primary N) is 2. The number of nitrogens with one attached hydrogen (secondary N) is 3. The quantitative estimate of drug-likeness (QED) is 0.106. The number of aromatic nitrogens is 6. The van der Waals surface area contributed by atoms with Gasteiger partial charge in [-0.15, -0.1) is 0 Å². The molecule has 12 rings (SSSR count). The van der Waals surface area contributed by atoms with E-state index in [1.165, 1.54) is 5.56 Å². The lowest BCUT2D eigenvalue weighted by Crippen LogP contribution is -2.14. The van der Waals surface area contributed by atoms with Gasteiger partial charge in [0.15, 0.2) is 49.9 Å². The van der Waals surface area contributed by atoms with E-state index < -0.39 is 0 Å². The van der Waals surface area contributed by atoms with Crippen molar-refractivity contribution < 1.29 is 37.9 Å². The number of aryl methyl sites for hydroxylation is 4. The zero-order chi connectivity index (χ0) is 49.9. The number of aromatic amines is 1. The Morgan fingerprint density at radius 1 is 0.557 bits per heavy atom. The maximum atomic E-state index is 5.70. The molecule has 8 heterocycles. The largest absolute Gasteiger partial charge is 0.493 e. The molecule has 0 radical (unpaired) electrons. The molecule has 0 bridgehead atoms. The van der Waals surface area contributed by atoms with Crippen LogP contribution >= 0.6 is 0 Å². The molecule has 20 heteroatoms. The van der Waals surface area contributed by atoms with E-state index >= 15 is 0 Å². The summed E-state index contributed by atoms with van der Waals surface area (Å²) in [4.78, 5) is 23.4. The van der Waals surface area contributed by atoms with Crippen molar-refractivity contribution in [3.63, 3.8) is 0 Å². The molecule has 0 atom stereocenters. The Kier molecular flexibility index (Phi) is 15.8. The first-order valence-electron chi connectivity index (χ1n) is 22.0. The van der Waals surface area contributed by atoms with E-state index in [4.69, 9.17) is 49.4 Å². The summed E-state index contributed by atoms with van der Waals surface area (Å²) in [6.45, 7) is 8.25. The van der Waals surface area contributed by atoms with Gasteiger partial charge in [0.2, 0.25) is 11.5 Å². The van der Waals surface area contributed by atoms with Gasteiger partial charge < -0.3 is 79.3 Å². The highest BCUT2D eigenvalue weighted by Gasteiger charge is 2.23. The topological polar surface area (TPSA) is 229 Å². The van der Waals surface area contributed by atoms with E-state index in [2.05, 4.69) is 35.6 Å². The molecule has 0 spiro atoms. The summed E-state index contributed by atoms with van der Waals surface area (Å²) in [5, 5.41) is 6.24. The fourth-order valence-electron chi connectivity index (χ4n) is 7.55. The zero-order valence-corrected chi connectivity index (χ0v) is 41.0. The van der Waals surface area contributed by atoms with Gasteiger partial charge in [-0.1, -0.05) is 24.3 Å². The summed E-state index contributed by atoms with van der Waals surface area (Å²) in [5.41, 5.74) is 24.3. The molecule has 20 nitrogen and oxygen atoms in total. The summed E-state index contributed by atoms with van der Waals surface area (Å²) in [6.07, 6.45) is 6.90. The van der Waals surface area contributed by atoms with E-state index in [1.54, 1.807) is 53.5 Å². The highest BCUT2D eigenvalue weighted by atomic mass is 16.5. The third-order valence-corrected chi connectivity index (χ3v) is 11.3. The van der Waals surface area contributed by atoms with Crippen LogP contribution in [-0.2, 0) is 7.05 Å². The SMILES string of the molecule is COc1ccc(C)c2c1OCN2.COc1cccc2c1OCN2C.COc1ncc(C)c2c1OCN2.COc1nccc2c1OCN2C.Cc1ccc(N)c2[nH]cnc12.Cn1cnc2c(N)cccc21. The van der Waals surface area contributed by atoms with Crippen molar-refractivity contribution in [2.75, 3.05) is 101 Å². The Morgan fingerprint density at radius 2 is 1.19 bits per heavy atom. The minimum Gasteiger partial charge on any atom is -0.493 e.